The van der Waals surface area contributed by atoms with Crippen molar-refractivity contribution in [3.63, 3.8) is 0 Å². The van der Waals surface area contributed by atoms with E-state index in [1.54, 1.807) is 13.0 Å². The van der Waals surface area contributed by atoms with Crippen LogP contribution in [0, 0.1) is 0 Å². The Hall–Kier alpha value is -1.47. The Bertz CT molecular complexity index is 592. The van der Waals surface area contributed by atoms with Gasteiger partial charge in [-0.3, -0.25) is 4.79 Å². The normalized spacial score (nSPS) is 20.3. The third kappa shape index (κ3) is 2.63. The molecule has 0 radical (unpaired) electrons. The Morgan fingerprint density at radius 1 is 1.41 bits per heavy atom. The first kappa shape index (κ1) is 16.9. The van der Waals surface area contributed by atoms with E-state index in [9.17, 15) is 18.0 Å². The number of nitrogens with one attached hydrogen (secondary N) is 1. The van der Waals surface area contributed by atoms with Crippen LogP contribution in [0.15, 0.2) is 12.1 Å². The second-order valence-corrected chi connectivity index (χ2v) is 5.08. The van der Waals surface area contributed by atoms with Gasteiger partial charge in [-0.2, -0.15) is 13.2 Å². The summed E-state index contributed by atoms with van der Waals surface area (Å²) < 4.78 is 45.0. The summed E-state index contributed by atoms with van der Waals surface area (Å²) in [6.07, 6.45) is -4.57. The predicted molar refractivity (Wildman–Crippen MR) is 76.5 cm³/mol. The summed E-state index contributed by atoms with van der Waals surface area (Å²) in [5, 5.41) is 3.11. The molecule has 1 atom stereocenters. The fourth-order valence-electron chi connectivity index (χ4n) is 2.98. The van der Waals surface area contributed by atoms with Crippen molar-refractivity contribution in [3.05, 3.63) is 28.8 Å². The lowest BCUT2D eigenvalue weighted by atomic mass is 9.98. The van der Waals surface area contributed by atoms with Crippen molar-refractivity contribution in [3.8, 4) is 5.75 Å². The van der Waals surface area contributed by atoms with Crippen LogP contribution in [-0.2, 0) is 6.18 Å². The minimum Gasteiger partial charge on any atom is -0.494 e. The van der Waals surface area contributed by atoms with Gasteiger partial charge in [0.15, 0.2) is 0 Å². The van der Waals surface area contributed by atoms with E-state index in [1.807, 2.05) is 0 Å². The number of halogens is 4. The zero-order chi connectivity index (χ0) is 15.2. The molecular formula is C14H16ClF3N2O2. The summed E-state index contributed by atoms with van der Waals surface area (Å²) in [6, 6.07) is 2.14. The van der Waals surface area contributed by atoms with Gasteiger partial charge < -0.3 is 15.0 Å². The number of carbonyl (C=O) groups excluding carboxylic acids is 1. The van der Waals surface area contributed by atoms with E-state index in [1.165, 1.54) is 4.90 Å². The number of piperazine rings is 1. The van der Waals surface area contributed by atoms with Crippen molar-refractivity contribution in [1.29, 1.82) is 0 Å². The Morgan fingerprint density at radius 3 is 2.77 bits per heavy atom. The molecule has 2 aliphatic rings. The van der Waals surface area contributed by atoms with E-state index in [2.05, 4.69) is 5.32 Å². The second kappa shape index (κ2) is 5.96. The maximum absolute atomic E-state index is 13.3. The molecule has 4 nitrogen and oxygen atoms in total. The number of ether oxygens (including phenoxy) is 1. The van der Waals surface area contributed by atoms with Gasteiger partial charge in [0, 0.05) is 19.6 Å². The van der Waals surface area contributed by atoms with Crippen LogP contribution in [0.4, 0.5) is 13.2 Å². The van der Waals surface area contributed by atoms with Crippen LogP contribution >= 0.6 is 12.4 Å². The van der Waals surface area contributed by atoms with E-state index in [4.69, 9.17) is 4.74 Å². The van der Waals surface area contributed by atoms with Gasteiger partial charge >= 0.3 is 6.18 Å². The summed E-state index contributed by atoms with van der Waals surface area (Å²) in [4.78, 5) is 13.8. The summed E-state index contributed by atoms with van der Waals surface area (Å²) in [5.41, 5.74) is -0.715. The first-order valence-electron chi connectivity index (χ1n) is 6.83. The van der Waals surface area contributed by atoms with Crippen LogP contribution in [0.3, 0.4) is 0 Å². The van der Waals surface area contributed by atoms with Crippen molar-refractivity contribution in [2.45, 2.75) is 19.1 Å². The number of hydrogen-bond acceptors (Lipinski definition) is 3. The average molecular weight is 337 g/mol. The summed E-state index contributed by atoms with van der Waals surface area (Å²) in [6.45, 7) is 3.46. The molecular weight excluding hydrogens is 321 g/mol. The van der Waals surface area contributed by atoms with Crippen LogP contribution in [0.25, 0.3) is 0 Å². The summed E-state index contributed by atoms with van der Waals surface area (Å²) in [5.74, 6) is -0.379. The lowest BCUT2D eigenvalue weighted by Gasteiger charge is -2.30. The maximum atomic E-state index is 13.3. The Balaban J connectivity index is 0.00000176. The molecule has 1 aromatic carbocycles. The highest BCUT2D eigenvalue weighted by molar-refractivity contribution is 6.01. The minimum atomic E-state index is -4.57. The number of hydrogen-bond donors (Lipinski definition) is 1. The Labute approximate surface area is 132 Å². The second-order valence-electron chi connectivity index (χ2n) is 5.08. The van der Waals surface area contributed by atoms with Crippen LogP contribution < -0.4 is 10.1 Å². The van der Waals surface area contributed by atoms with Gasteiger partial charge in [-0.1, -0.05) is 0 Å². The van der Waals surface area contributed by atoms with Gasteiger partial charge in [0.25, 0.3) is 5.91 Å². The summed E-state index contributed by atoms with van der Waals surface area (Å²) in [7, 11) is 0. The van der Waals surface area contributed by atoms with Gasteiger partial charge in [0.05, 0.1) is 23.8 Å². The lowest BCUT2D eigenvalue weighted by Crippen LogP contribution is -2.44. The van der Waals surface area contributed by atoms with Gasteiger partial charge in [0.1, 0.15) is 5.75 Å². The fraction of sp³-hybridized carbons (Fsp3) is 0.500. The van der Waals surface area contributed by atoms with Gasteiger partial charge in [-0.15, -0.1) is 12.4 Å². The molecule has 8 heteroatoms. The predicted octanol–water partition coefficient (Wildman–Crippen LogP) is 2.63. The number of fused-ring (bicyclic) bond motifs is 3. The molecule has 0 unspecified atom stereocenters. The van der Waals surface area contributed by atoms with E-state index in [0.29, 0.717) is 25.2 Å². The molecule has 122 valence electrons. The van der Waals surface area contributed by atoms with Crippen molar-refractivity contribution in [2.75, 3.05) is 26.2 Å². The first-order chi connectivity index (χ1) is 9.93. The number of amides is 1. The lowest BCUT2D eigenvalue weighted by molar-refractivity contribution is -0.138. The highest BCUT2D eigenvalue weighted by atomic mass is 35.5. The smallest absolute Gasteiger partial charge is 0.417 e. The molecule has 0 bridgehead atoms. The Kier molecular flexibility index (Phi) is 4.58. The molecule has 2 heterocycles. The minimum absolute atomic E-state index is 0. The molecule has 0 spiro atoms. The van der Waals surface area contributed by atoms with Crippen molar-refractivity contribution in [1.82, 2.24) is 10.2 Å². The van der Waals surface area contributed by atoms with Crippen molar-refractivity contribution >= 4 is 18.3 Å². The van der Waals surface area contributed by atoms with Crippen LogP contribution in [0.2, 0.25) is 0 Å². The molecule has 3 rings (SSSR count). The third-order valence-electron chi connectivity index (χ3n) is 3.84. The molecule has 1 N–H and O–H groups in total. The molecule has 0 saturated carbocycles. The van der Waals surface area contributed by atoms with E-state index in [0.717, 1.165) is 6.07 Å². The average Bonchev–Trinajstić information content (AvgIpc) is 2.72. The summed E-state index contributed by atoms with van der Waals surface area (Å²) >= 11 is 0. The van der Waals surface area contributed by atoms with Crippen LogP contribution in [-0.4, -0.2) is 37.0 Å². The Morgan fingerprint density at radius 2 is 2.14 bits per heavy atom. The van der Waals surface area contributed by atoms with E-state index in [-0.39, 0.29) is 36.4 Å². The van der Waals surface area contributed by atoms with E-state index < -0.39 is 17.6 Å². The topological polar surface area (TPSA) is 41.6 Å². The fourth-order valence-corrected chi connectivity index (χ4v) is 2.98. The molecule has 1 aromatic rings. The number of alkyl halides is 3. The van der Waals surface area contributed by atoms with E-state index >= 15 is 0 Å². The number of carbonyl (C=O) groups is 1. The largest absolute Gasteiger partial charge is 0.494 e. The molecule has 0 aliphatic carbocycles. The van der Waals surface area contributed by atoms with Gasteiger partial charge in [-0.05, 0) is 24.6 Å². The molecule has 1 saturated heterocycles. The molecule has 1 amide bonds. The van der Waals surface area contributed by atoms with Gasteiger partial charge in [-0.25, -0.2) is 0 Å². The quantitative estimate of drug-likeness (QED) is 0.902. The van der Waals surface area contributed by atoms with Crippen LogP contribution in [0.1, 0.15) is 34.5 Å². The molecule has 2 aliphatic heterocycles. The maximum Gasteiger partial charge on any atom is 0.417 e. The van der Waals surface area contributed by atoms with Crippen molar-refractivity contribution < 1.29 is 22.7 Å². The first-order valence-corrected chi connectivity index (χ1v) is 6.83. The highest BCUT2D eigenvalue weighted by Crippen LogP contribution is 2.44. The molecule has 22 heavy (non-hydrogen) atoms. The monoisotopic (exact) mass is 336 g/mol. The number of nitrogens with zero attached hydrogens (tertiary/aromatic N) is 1. The third-order valence-corrected chi connectivity index (χ3v) is 3.84. The van der Waals surface area contributed by atoms with Crippen molar-refractivity contribution in [2.24, 2.45) is 0 Å². The number of rotatable bonds is 2. The zero-order valence-corrected chi connectivity index (χ0v) is 12.7. The SMILES string of the molecule is CCOc1cc2c(c(C(F)(F)F)c1)C(=O)N1CCNC[C@@H]21.Cl. The molecule has 0 aromatic heterocycles. The van der Waals surface area contributed by atoms with Gasteiger partial charge in [0.2, 0.25) is 0 Å². The number of benzene rings is 1. The van der Waals surface area contributed by atoms with Crippen LogP contribution in [0.5, 0.6) is 5.75 Å². The zero-order valence-electron chi connectivity index (χ0n) is 11.9. The molecule has 1 fully saturated rings. The highest BCUT2D eigenvalue weighted by Gasteiger charge is 2.45. The standard InChI is InChI=1S/C14H15F3N2O2.ClH/c1-2-21-8-5-9-11-7-18-3-4-19(11)13(20)12(9)10(6-8)14(15,16)17;/h5-6,11,18H,2-4,7H2,1H3;1H/t11-;/m0./s1.